The Balaban J connectivity index is 2.61. The fourth-order valence-corrected chi connectivity index (χ4v) is 3.14. The molecule has 0 amide bonds. The highest BCUT2D eigenvalue weighted by Crippen LogP contribution is 2.39. The molecule has 2 N–H and O–H groups in total. The van der Waals surface area contributed by atoms with Gasteiger partial charge in [-0.2, -0.15) is 0 Å². The number of hydrogen-bond acceptors (Lipinski definition) is 2. The van der Waals surface area contributed by atoms with Crippen molar-refractivity contribution in [3.63, 3.8) is 0 Å². The molecule has 0 saturated heterocycles. The molecule has 0 radical (unpaired) electrons. The second kappa shape index (κ2) is 6.19. The number of hydrogen-bond donors (Lipinski definition) is 2. The zero-order valence-corrected chi connectivity index (χ0v) is 11.9. The smallest absolute Gasteiger partial charge is 0.0646 e. The van der Waals surface area contributed by atoms with Crippen molar-refractivity contribution in [3.05, 3.63) is 0 Å². The van der Waals surface area contributed by atoms with Gasteiger partial charge in [0.2, 0.25) is 0 Å². The lowest BCUT2D eigenvalue weighted by Crippen LogP contribution is -2.38. The van der Waals surface area contributed by atoms with Crippen LogP contribution >= 0.6 is 0 Å². The molecule has 0 bridgehead atoms. The van der Waals surface area contributed by atoms with Gasteiger partial charge < -0.3 is 10.2 Å². The van der Waals surface area contributed by atoms with Gasteiger partial charge in [0.15, 0.2) is 0 Å². The van der Waals surface area contributed by atoms with E-state index in [2.05, 4.69) is 13.8 Å². The van der Waals surface area contributed by atoms with Gasteiger partial charge in [-0.05, 0) is 56.3 Å². The van der Waals surface area contributed by atoms with Crippen molar-refractivity contribution in [2.45, 2.75) is 77.9 Å². The minimum atomic E-state index is -0.565. The first-order valence-corrected chi connectivity index (χ1v) is 7.32. The quantitative estimate of drug-likeness (QED) is 0.776. The van der Waals surface area contributed by atoms with Crippen molar-refractivity contribution in [1.82, 2.24) is 0 Å². The SMILES string of the molecule is CCC(O)(CC)CC1CC(C(C)C)CCC1O. The standard InChI is InChI=1S/C15H30O2/c1-5-15(17,6-2)10-13-9-12(11(3)4)7-8-14(13)16/h11-14,16-17H,5-10H2,1-4H3. The molecule has 102 valence electrons. The molecule has 0 spiro atoms. The van der Waals surface area contributed by atoms with Gasteiger partial charge in [-0.15, -0.1) is 0 Å². The highest BCUT2D eigenvalue weighted by molar-refractivity contribution is 4.87. The Bertz CT molecular complexity index is 221. The molecule has 2 nitrogen and oxygen atoms in total. The van der Waals surface area contributed by atoms with Crippen molar-refractivity contribution in [2.24, 2.45) is 17.8 Å². The van der Waals surface area contributed by atoms with Gasteiger partial charge in [-0.3, -0.25) is 0 Å². The van der Waals surface area contributed by atoms with E-state index in [1.807, 2.05) is 13.8 Å². The van der Waals surface area contributed by atoms with E-state index in [0.717, 1.165) is 44.4 Å². The van der Waals surface area contributed by atoms with Crippen molar-refractivity contribution >= 4 is 0 Å². The van der Waals surface area contributed by atoms with Gasteiger partial charge >= 0.3 is 0 Å². The summed E-state index contributed by atoms with van der Waals surface area (Å²) in [5.74, 6) is 1.71. The molecule has 1 saturated carbocycles. The number of aliphatic hydroxyl groups is 2. The summed E-state index contributed by atoms with van der Waals surface area (Å²) in [6, 6.07) is 0. The molecular formula is C15H30O2. The van der Waals surface area contributed by atoms with Crippen LogP contribution in [0.4, 0.5) is 0 Å². The van der Waals surface area contributed by atoms with E-state index in [0.29, 0.717) is 11.8 Å². The summed E-state index contributed by atoms with van der Waals surface area (Å²) in [5.41, 5.74) is -0.565. The van der Waals surface area contributed by atoms with Crippen LogP contribution in [0, 0.1) is 17.8 Å². The largest absolute Gasteiger partial charge is 0.393 e. The summed E-state index contributed by atoms with van der Waals surface area (Å²) in [5, 5.41) is 20.5. The molecule has 0 aliphatic heterocycles. The summed E-state index contributed by atoms with van der Waals surface area (Å²) in [7, 11) is 0. The molecule has 2 heteroatoms. The monoisotopic (exact) mass is 242 g/mol. The van der Waals surface area contributed by atoms with Crippen LogP contribution in [0.3, 0.4) is 0 Å². The summed E-state index contributed by atoms with van der Waals surface area (Å²) >= 11 is 0. The summed E-state index contributed by atoms with van der Waals surface area (Å²) in [4.78, 5) is 0. The highest BCUT2D eigenvalue weighted by Gasteiger charge is 2.35. The molecule has 3 atom stereocenters. The molecule has 0 heterocycles. The molecule has 1 aliphatic rings. The molecular weight excluding hydrogens is 212 g/mol. The summed E-state index contributed by atoms with van der Waals surface area (Å²) < 4.78 is 0. The van der Waals surface area contributed by atoms with Crippen LogP contribution < -0.4 is 0 Å². The second-order valence-corrected chi connectivity index (χ2v) is 6.28. The molecule has 1 rings (SSSR count). The Morgan fingerprint density at radius 3 is 2.24 bits per heavy atom. The molecule has 0 aromatic carbocycles. The lowest BCUT2D eigenvalue weighted by Gasteiger charge is -2.39. The zero-order chi connectivity index (χ0) is 13.1. The minimum absolute atomic E-state index is 0.199. The predicted octanol–water partition coefficient (Wildman–Crippen LogP) is 3.36. The van der Waals surface area contributed by atoms with Crippen LogP contribution in [-0.2, 0) is 0 Å². The number of aliphatic hydroxyl groups excluding tert-OH is 1. The highest BCUT2D eigenvalue weighted by atomic mass is 16.3. The van der Waals surface area contributed by atoms with Crippen molar-refractivity contribution < 1.29 is 10.2 Å². The second-order valence-electron chi connectivity index (χ2n) is 6.28. The topological polar surface area (TPSA) is 40.5 Å². The van der Waals surface area contributed by atoms with Crippen molar-refractivity contribution in [2.75, 3.05) is 0 Å². The normalized spacial score (nSPS) is 30.9. The first-order valence-electron chi connectivity index (χ1n) is 7.32. The maximum absolute atomic E-state index is 10.4. The molecule has 0 aromatic rings. The Labute approximate surface area is 106 Å². The van der Waals surface area contributed by atoms with Crippen LogP contribution in [0.2, 0.25) is 0 Å². The van der Waals surface area contributed by atoms with Gasteiger partial charge in [-0.1, -0.05) is 27.7 Å². The van der Waals surface area contributed by atoms with E-state index in [4.69, 9.17) is 0 Å². The van der Waals surface area contributed by atoms with E-state index in [-0.39, 0.29) is 6.10 Å². The van der Waals surface area contributed by atoms with Crippen LogP contribution in [0.5, 0.6) is 0 Å². The Morgan fingerprint density at radius 2 is 1.76 bits per heavy atom. The Kier molecular flexibility index (Phi) is 5.46. The molecule has 1 fully saturated rings. The van der Waals surface area contributed by atoms with Gasteiger partial charge in [0, 0.05) is 0 Å². The maximum atomic E-state index is 10.4. The van der Waals surface area contributed by atoms with Crippen LogP contribution in [0.25, 0.3) is 0 Å². The lowest BCUT2D eigenvalue weighted by atomic mass is 9.70. The Morgan fingerprint density at radius 1 is 1.18 bits per heavy atom. The van der Waals surface area contributed by atoms with E-state index in [1.54, 1.807) is 0 Å². The summed E-state index contributed by atoms with van der Waals surface area (Å²) in [6.07, 6.45) is 5.29. The summed E-state index contributed by atoms with van der Waals surface area (Å²) in [6.45, 7) is 8.62. The van der Waals surface area contributed by atoms with Crippen molar-refractivity contribution in [3.8, 4) is 0 Å². The first-order chi connectivity index (χ1) is 7.91. The van der Waals surface area contributed by atoms with Crippen LogP contribution in [-0.4, -0.2) is 21.9 Å². The van der Waals surface area contributed by atoms with E-state index in [1.165, 1.54) is 0 Å². The predicted molar refractivity (Wildman–Crippen MR) is 71.8 cm³/mol. The van der Waals surface area contributed by atoms with E-state index >= 15 is 0 Å². The van der Waals surface area contributed by atoms with Crippen LogP contribution in [0.15, 0.2) is 0 Å². The third kappa shape index (κ3) is 3.96. The van der Waals surface area contributed by atoms with E-state index in [9.17, 15) is 10.2 Å². The molecule has 17 heavy (non-hydrogen) atoms. The zero-order valence-electron chi connectivity index (χ0n) is 11.9. The van der Waals surface area contributed by atoms with Crippen molar-refractivity contribution in [1.29, 1.82) is 0 Å². The van der Waals surface area contributed by atoms with Crippen LogP contribution in [0.1, 0.15) is 66.2 Å². The lowest BCUT2D eigenvalue weighted by molar-refractivity contribution is -0.0414. The van der Waals surface area contributed by atoms with Gasteiger partial charge in [0.25, 0.3) is 0 Å². The fraction of sp³-hybridized carbons (Fsp3) is 1.00. The Hall–Kier alpha value is -0.0800. The van der Waals surface area contributed by atoms with Gasteiger partial charge in [0.05, 0.1) is 11.7 Å². The maximum Gasteiger partial charge on any atom is 0.0646 e. The molecule has 3 unspecified atom stereocenters. The average molecular weight is 242 g/mol. The average Bonchev–Trinajstić information content (AvgIpc) is 2.31. The van der Waals surface area contributed by atoms with Gasteiger partial charge in [0.1, 0.15) is 0 Å². The fourth-order valence-electron chi connectivity index (χ4n) is 3.14. The third-order valence-corrected chi connectivity index (χ3v) is 4.88. The molecule has 0 aromatic heterocycles. The van der Waals surface area contributed by atoms with Gasteiger partial charge in [-0.25, -0.2) is 0 Å². The number of rotatable bonds is 5. The third-order valence-electron chi connectivity index (χ3n) is 4.88. The first kappa shape index (κ1) is 15.0. The molecule has 1 aliphatic carbocycles. The minimum Gasteiger partial charge on any atom is -0.393 e. The van der Waals surface area contributed by atoms with E-state index < -0.39 is 5.60 Å².